The zero-order valence-corrected chi connectivity index (χ0v) is 6.26. The van der Waals surface area contributed by atoms with E-state index >= 15 is 0 Å². The van der Waals surface area contributed by atoms with E-state index in [2.05, 4.69) is 0 Å². The molecule has 0 aliphatic heterocycles. The first-order valence-corrected chi connectivity index (χ1v) is 3.29. The minimum absolute atomic E-state index is 0.269. The summed E-state index contributed by atoms with van der Waals surface area (Å²) in [5.74, 6) is -9.83. The maximum atomic E-state index is 12.2. The Morgan fingerprint density at radius 1 is 1.08 bits per heavy atom. The summed E-state index contributed by atoms with van der Waals surface area (Å²) in [6.45, 7) is 1.22. The van der Waals surface area contributed by atoms with Gasteiger partial charge in [0.1, 0.15) is 0 Å². The van der Waals surface area contributed by atoms with Gasteiger partial charge in [-0.05, 0) is 0 Å². The molecule has 0 aromatic carbocycles. The molecule has 0 aromatic rings. The van der Waals surface area contributed by atoms with E-state index in [0.29, 0.717) is 0 Å². The lowest BCUT2D eigenvalue weighted by Crippen LogP contribution is -2.46. The van der Waals surface area contributed by atoms with Gasteiger partial charge >= 0.3 is 18.3 Å². The largest absolute Gasteiger partial charge is 0.369 e. The molecule has 74 valence electrons. The standard InChI is InChI=1S/C6H8F6/c1-2-3-5(9,10)6(11,12)4(7)8/h4H,2-3H2,1H3. The number of hydrogen-bond donors (Lipinski definition) is 0. The van der Waals surface area contributed by atoms with Gasteiger partial charge in [-0.2, -0.15) is 17.6 Å². The second-order valence-electron chi connectivity index (χ2n) is 2.38. The zero-order valence-electron chi connectivity index (χ0n) is 6.26. The fourth-order valence-corrected chi connectivity index (χ4v) is 0.640. The molecular formula is C6H8F6. The second-order valence-corrected chi connectivity index (χ2v) is 2.38. The van der Waals surface area contributed by atoms with Crippen molar-refractivity contribution in [2.75, 3.05) is 0 Å². The van der Waals surface area contributed by atoms with Crippen LogP contribution in [0.15, 0.2) is 0 Å². The van der Waals surface area contributed by atoms with Gasteiger partial charge in [0.25, 0.3) is 0 Å². The van der Waals surface area contributed by atoms with E-state index in [9.17, 15) is 26.3 Å². The van der Waals surface area contributed by atoms with Gasteiger partial charge in [-0.3, -0.25) is 0 Å². The number of alkyl halides is 6. The van der Waals surface area contributed by atoms with Gasteiger partial charge in [0, 0.05) is 6.42 Å². The van der Waals surface area contributed by atoms with Gasteiger partial charge in [0.05, 0.1) is 0 Å². The van der Waals surface area contributed by atoms with E-state index in [1.54, 1.807) is 0 Å². The average molecular weight is 194 g/mol. The van der Waals surface area contributed by atoms with E-state index in [-0.39, 0.29) is 6.42 Å². The van der Waals surface area contributed by atoms with Crippen LogP contribution in [0.2, 0.25) is 0 Å². The molecule has 12 heavy (non-hydrogen) atoms. The number of hydrogen-bond acceptors (Lipinski definition) is 0. The van der Waals surface area contributed by atoms with Crippen molar-refractivity contribution in [2.45, 2.75) is 38.0 Å². The first-order chi connectivity index (χ1) is 5.25. The summed E-state index contributed by atoms with van der Waals surface area (Å²) >= 11 is 0. The molecule has 0 aromatic heterocycles. The lowest BCUT2D eigenvalue weighted by atomic mass is 10.1. The maximum Gasteiger partial charge on any atom is 0.369 e. The molecule has 0 aliphatic carbocycles. The Bertz CT molecular complexity index is 141. The number of halogens is 6. The molecule has 6 heteroatoms. The minimum atomic E-state index is -5.22. The van der Waals surface area contributed by atoms with Crippen LogP contribution in [0.5, 0.6) is 0 Å². The second kappa shape index (κ2) is 3.53. The Balaban J connectivity index is 4.50. The molecule has 0 fully saturated rings. The van der Waals surface area contributed by atoms with Gasteiger partial charge in [0.2, 0.25) is 0 Å². The van der Waals surface area contributed by atoms with Gasteiger partial charge < -0.3 is 0 Å². The van der Waals surface area contributed by atoms with Crippen LogP contribution in [-0.2, 0) is 0 Å². The summed E-state index contributed by atoms with van der Waals surface area (Å²) in [5, 5.41) is 0. The van der Waals surface area contributed by atoms with Crippen molar-refractivity contribution >= 4 is 0 Å². The quantitative estimate of drug-likeness (QED) is 0.602. The van der Waals surface area contributed by atoms with Gasteiger partial charge in [0.15, 0.2) is 0 Å². The van der Waals surface area contributed by atoms with Crippen LogP contribution in [0.25, 0.3) is 0 Å². The normalized spacial score (nSPS) is 14.0. The lowest BCUT2D eigenvalue weighted by molar-refractivity contribution is -0.265. The van der Waals surface area contributed by atoms with Gasteiger partial charge in [-0.1, -0.05) is 13.3 Å². The molecule has 0 spiro atoms. The third kappa shape index (κ3) is 2.04. The van der Waals surface area contributed by atoms with Crippen LogP contribution < -0.4 is 0 Å². The number of rotatable bonds is 4. The van der Waals surface area contributed by atoms with Crippen molar-refractivity contribution < 1.29 is 26.3 Å². The molecule has 0 heterocycles. The summed E-state index contributed by atoms with van der Waals surface area (Å²) in [7, 11) is 0. The van der Waals surface area contributed by atoms with E-state index in [4.69, 9.17) is 0 Å². The highest BCUT2D eigenvalue weighted by atomic mass is 19.3. The highest BCUT2D eigenvalue weighted by molar-refractivity contribution is 4.86. The summed E-state index contributed by atoms with van der Waals surface area (Å²) < 4.78 is 71.3. The van der Waals surface area contributed by atoms with Crippen molar-refractivity contribution in [1.29, 1.82) is 0 Å². The van der Waals surface area contributed by atoms with E-state index in [1.807, 2.05) is 0 Å². The molecule has 0 unspecified atom stereocenters. The predicted molar refractivity (Wildman–Crippen MR) is 30.8 cm³/mol. The predicted octanol–water partition coefficient (Wildman–Crippen LogP) is 3.32. The first-order valence-electron chi connectivity index (χ1n) is 3.29. The topological polar surface area (TPSA) is 0 Å². The molecule has 0 N–H and O–H groups in total. The van der Waals surface area contributed by atoms with Crippen molar-refractivity contribution in [3.63, 3.8) is 0 Å². The highest BCUT2D eigenvalue weighted by Crippen LogP contribution is 2.41. The van der Waals surface area contributed by atoms with Crippen LogP contribution in [0.4, 0.5) is 26.3 Å². The van der Waals surface area contributed by atoms with Gasteiger partial charge in [-0.15, -0.1) is 0 Å². The fourth-order valence-electron chi connectivity index (χ4n) is 0.640. The molecule has 0 rings (SSSR count). The Morgan fingerprint density at radius 3 is 1.75 bits per heavy atom. The Hall–Kier alpha value is -0.420. The lowest BCUT2D eigenvalue weighted by Gasteiger charge is -2.25. The molecule has 0 bridgehead atoms. The molecule has 0 amide bonds. The third-order valence-electron chi connectivity index (χ3n) is 1.33. The maximum absolute atomic E-state index is 12.2. The first kappa shape index (κ1) is 11.6. The van der Waals surface area contributed by atoms with Gasteiger partial charge in [-0.25, -0.2) is 8.78 Å². The third-order valence-corrected chi connectivity index (χ3v) is 1.33. The Morgan fingerprint density at radius 2 is 1.50 bits per heavy atom. The molecule has 0 saturated carbocycles. The monoisotopic (exact) mass is 194 g/mol. The summed E-state index contributed by atoms with van der Waals surface area (Å²) in [5.41, 5.74) is 0. The van der Waals surface area contributed by atoms with Crippen molar-refractivity contribution in [3.05, 3.63) is 0 Å². The summed E-state index contributed by atoms with van der Waals surface area (Å²) in [4.78, 5) is 0. The van der Waals surface area contributed by atoms with Crippen LogP contribution in [-0.4, -0.2) is 18.3 Å². The van der Waals surface area contributed by atoms with E-state index in [0.717, 1.165) is 0 Å². The van der Waals surface area contributed by atoms with Crippen LogP contribution in [0, 0.1) is 0 Å². The van der Waals surface area contributed by atoms with Crippen LogP contribution >= 0.6 is 0 Å². The zero-order chi connectivity index (χ0) is 9.99. The highest BCUT2D eigenvalue weighted by Gasteiger charge is 2.61. The van der Waals surface area contributed by atoms with Crippen LogP contribution in [0.1, 0.15) is 19.8 Å². The van der Waals surface area contributed by atoms with Crippen LogP contribution in [0.3, 0.4) is 0 Å². The molecule has 0 nitrogen and oxygen atoms in total. The molecule has 0 radical (unpaired) electrons. The fraction of sp³-hybridized carbons (Fsp3) is 1.00. The Kier molecular flexibility index (Phi) is 3.41. The van der Waals surface area contributed by atoms with Crippen molar-refractivity contribution in [3.8, 4) is 0 Å². The summed E-state index contributed by atoms with van der Waals surface area (Å²) in [6, 6.07) is 0. The van der Waals surface area contributed by atoms with Crippen molar-refractivity contribution in [1.82, 2.24) is 0 Å². The van der Waals surface area contributed by atoms with E-state index < -0.39 is 24.7 Å². The average Bonchev–Trinajstić information content (AvgIpc) is 1.86. The molecular weight excluding hydrogens is 186 g/mol. The minimum Gasteiger partial charge on any atom is -0.203 e. The summed E-state index contributed by atoms with van der Waals surface area (Å²) in [6.07, 6.45) is -5.82. The molecule has 0 saturated heterocycles. The smallest absolute Gasteiger partial charge is 0.203 e. The Labute approximate surface area is 65.6 Å². The SMILES string of the molecule is CCCC(F)(F)C(F)(F)C(F)F. The molecule has 0 atom stereocenters. The molecule has 0 aliphatic rings. The van der Waals surface area contributed by atoms with E-state index in [1.165, 1.54) is 6.92 Å². The van der Waals surface area contributed by atoms with Crippen molar-refractivity contribution in [2.24, 2.45) is 0 Å².